The lowest BCUT2D eigenvalue weighted by Crippen LogP contribution is -2.34. The largest absolute Gasteiger partial charge is 0.302 e. The van der Waals surface area contributed by atoms with Crippen LogP contribution in [0.3, 0.4) is 0 Å². The Kier molecular flexibility index (Phi) is 6.38. The summed E-state index contributed by atoms with van der Waals surface area (Å²) in [5, 5.41) is 0. The predicted octanol–water partition coefficient (Wildman–Crippen LogP) is 2.63. The van der Waals surface area contributed by atoms with Crippen molar-refractivity contribution in [3.05, 3.63) is 0 Å². The number of thioether (sulfide) groups is 1. The lowest BCUT2D eigenvalue weighted by Gasteiger charge is -2.27. The summed E-state index contributed by atoms with van der Waals surface area (Å²) in [7, 11) is 0. The van der Waals surface area contributed by atoms with Crippen LogP contribution in [-0.4, -0.2) is 41.8 Å². The van der Waals surface area contributed by atoms with Crippen molar-refractivity contribution >= 4 is 24.4 Å². The van der Waals surface area contributed by atoms with Crippen LogP contribution in [0.15, 0.2) is 0 Å². The minimum atomic E-state index is 0.765. The highest BCUT2D eigenvalue weighted by Crippen LogP contribution is 2.17. The Bertz CT molecular complexity index is 142. The van der Waals surface area contributed by atoms with Gasteiger partial charge in [0.25, 0.3) is 0 Å². The first kappa shape index (κ1) is 12.7. The topological polar surface area (TPSA) is 3.24 Å². The molecule has 3 heteroatoms. The number of hydrogen-bond acceptors (Lipinski definition) is 3. The molecule has 14 heavy (non-hydrogen) atoms. The van der Waals surface area contributed by atoms with Gasteiger partial charge in [0, 0.05) is 18.8 Å². The summed E-state index contributed by atoms with van der Waals surface area (Å²) in [4.78, 5) is 2.63. The zero-order valence-corrected chi connectivity index (χ0v) is 11.1. The Labute approximate surface area is 98.4 Å². The normalized spacial score (nSPS) is 22.3. The third-order valence-electron chi connectivity index (χ3n) is 2.98. The van der Waals surface area contributed by atoms with E-state index in [9.17, 15) is 0 Å². The summed E-state index contributed by atoms with van der Waals surface area (Å²) in [5.41, 5.74) is 0. The van der Waals surface area contributed by atoms with Crippen LogP contribution >= 0.6 is 24.4 Å². The smallest absolute Gasteiger partial charge is 0.00725 e. The Morgan fingerprint density at radius 2 is 2.07 bits per heavy atom. The SMILES string of the molecule is CC(C)C(CS)CN1CCCSCC1. The molecule has 0 aromatic heterocycles. The van der Waals surface area contributed by atoms with Gasteiger partial charge in [-0.1, -0.05) is 13.8 Å². The van der Waals surface area contributed by atoms with Crippen molar-refractivity contribution in [2.75, 3.05) is 36.9 Å². The first-order valence-corrected chi connectivity index (χ1v) is 7.43. The van der Waals surface area contributed by atoms with Crippen LogP contribution < -0.4 is 0 Å². The minimum Gasteiger partial charge on any atom is -0.302 e. The average molecular weight is 233 g/mol. The molecule has 1 unspecified atom stereocenters. The van der Waals surface area contributed by atoms with Crippen molar-refractivity contribution in [3.8, 4) is 0 Å². The highest BCUT2D eigenvalue weighted by molar-refractivity contribution is 7.99. The van der Waals surface area contributed by atoms with E-state index in [1.807, 2.05) is 0 Å². The van der Waals surface area contributed by atoms with Crippen molar-refractivity contribution < 1.29 is 0 Å². The predicted molar refractivity (Wildman–Crippen MR) is 70.6 cm³/mol. The van der Waals surface area contributed by atoms with Gasteiger partial charge in [0.15, 0.2) is 0 Å². The van der Waals surface area contributed by atoms with Gasteiger partial charge in [0.05, 0.1) is 0 Å². The fraction of sp³-hybridized carbons (Fsp3) is 1.00. The Morgan fingerprint density at radius 1 is 1.29 bits per heavy atom. The summed E-state index contributed by atoms with van der Waals surface area (Å²) < 4.78 is 0. The van der Waals surface area contributed by atoms with E-state index >= 15 is 0 Å². The monoisotopic (exact) mass is 233 g/mol. The molecular formula is C11H23NS2. The number of nitrogens with zero attached hydrogens (tertiary/aromatic N) is 1. The maximum Gasteiger partial charge on any atom is 0.00725 e. The summed E-state index contributed by atoms with van der Waals surface area (Å²) in [6, 6.07) is 0. The van der Waals surface area contributed by atoms with Crippen LogP contribution in [0.25, 0.3) is 0 Å². The molecule has 0 N–H and O–H groups in total. The molecule has 1 atom stereocenters. The number of hydrogen-bond donors (Lipinski definition) is 1. The molecule has 1 aliphatic heterocycles. The molecule has 1 nitrogen and oxygen atoms in total. The number of thiol groups is 1. The fourth-order valence-electron chi connectivity index (χ4n) is 1.79. The van der Waals surface area contributed by atoms with E-state index < -0.39 is 0 Å². The molecule has 0 aromatic rings. The second kappa shape index (κ2) is 7.02. The molecule has 0 amide bonds. The first-order valence-electron chi connectivity index (χ1n) is 5.65. The van der Waals surface area contributed by atoms with Gasteiger partial charge >= 0.3 is 0 Å². The minimum absolute atomic E-state index is 0.765. The van der Waals surface area contributed by atoms with Crippen LogP contribution in [0.5, 0.6) is 0 Å². The van der Waals surface area contributed by atoms with E-state index in [-0.39, 0.29) is 0 Å². The summed E-state index contributed by atoms with van der Waals surface area (Å²) in [5.74, 6) is 5.23. The van der Waals surface area contributed by atoms with Crippen molar-refractivity contribution in [3.63, 3.8) is 0 Å². The molecule has 0 aromatic carbocycles. The maximum atomic E-state index is 4.45. The molecule has 0 saturated carbocycles. The van der Waals surface area contributed by atoms with Gasteiger partial charge in [-0.25, -0.2) is 0 Å². The maximum absolute atomic E-state index is 4.45. The lowest BCUT2D eigenvalue weighted by molar-refractivity contribution is 0.228. The quantitative estimate of drug-likeness (QED) is 0.744. The molecular weight excluding hydrogens is 210 g/mol. The zero-order chi connectivity index (χ0) is 10.4. The van der Waals surface area contributed by atoms with Crippen LogP contribution in [-0.2, 0) is 0 Å². The standard InChI is InChI=1S/C11H23NS2/c1-10(2)11(9-13)8-12-4-3-6-14-7-5-12/h10-11,13H,3-9H2,1-2H3. The highest BCUT2D eigenvalue weighted by atomic mass is 32.2. The van der Waals surface area contributed by atoms with E-state index in [1.165, 1.54) is 37.6 Å². The van der Waals surface area contributed by atoms with E-state index in [4.69, 9.17) is 0 Å². The van der Waals surface area contributed by atoms with Crippen LogP contribution in [0.4, 0.5) is 0 Å². The van der Waals surface area contributed by atoms with Crippen molar-refractivity contribution in [2.45, 2.75) is 20.3 Å². The van der Waals surface area contributed by atoms with E-state index in [1.54, 1.807) is 0 Å². The Morgan fingerprint density at radius 3 is 2.71 bits per heavy atom. The first-order chi connectivity index (χ1) is 6.74. The van der Waals surface area contributed by atoms with E-state index in [0.717, 1.165) is 17.6 Å². The van der Waals surface area contributed by atoms with Crippen LogP contribution in [0.2, 0.25) is 0 Å². The van der Waals surface area contributed by atoms with Gasteiger partial charge < -0.3 is 4.90 Å². The third kappa shape index (κ3) is 4.45. The second-order valence-corrected chi connectivity index (χ2v) is 6.04. The third-order valence-corrected chi connectivity index (χ3v) is 4.50. The van der Waals surface area contributed by atoms with Gasteiger partial charge in [-0.3, -0.25) is 0 Å². The number of rotatable bonds is 4. The highest BCUT2D eigenvalue weighted by Gasteiger charge is 2.17. The molecule has 0 spiro atoms. The van der Waals surface area contributed by atoms with Gasteiger partial charge in [-0.05, 0) is 36.3 Å². The fourth-order valence-corrected chi connectivity index (χ4v) is 3.25. The van der Waals surface area contributed by atoms with Crippen LogP contribution in [0, 0.1) is 11.8 Å². The molecule has 0 radical (unpaired) electrons. The van der Waals surface area contributed by atoms with Gasteiger partial charge in [0.1, 0.15) is 0 Å². The summed E-state index contributed by atoms with van der Waals surface area (Å²) in [6.07, 6.45) is 1.36. The molecule has 0 bridgehead atoms. The average Bonchev–Trinajstić information content (AvgIpc) is 2.41. The summed E-state index contributed by atoms with van der Waals surface area (Å²) in [6.45, 7) is 8.45. The van der Waals surface area contributed by atoms with Crippen molar-refractivity contribution in [1.82, 2.24) is 4.90 Å². The molecule has 1 aliphatic rings. The van der Waals surface area contributed by atoms with E-state index in [2.05, 4.69) is 43.1 Å². The molecule has 1 fully saturated rings. The Balaban J connectivity index is 2.32. The molecule has 1 heterocycles. The lowest BCUT2D eigenvalue weighted by atomic mass is 9.97. The zero-order valence-electron chi connectivity index (χ0n) is 9.41. The summed E-state index contributed by atoms with van der Waals surface area (Å²) >= 11 is 6.55. The second-order valence-electron chi connectivity index (χ2n) is 4.45. The Hall–Kier alpha value is 0.660. The van der Waals surface area contributed by atoms with E-state index in [0.29, 0.717) is 0 Å². The van der Waals surface area contributed by atoms with Crippen molar-refractivity contribution in [2.24, 2.45) is 11.8 Å². The molecule has 84 valence electrons. The van der Waals surface area contributed by atoms with Gasteiger partial charge in [-0.2, -0.15) is 24.4 Å². The molecule has 0 aliphatic carbocycles. The van der Waals surface area contributed by atoms with Crippen LogP contribution in [0.1, 0.15) is 20.3 Å². The van der Waals surface area contributed by atoms with Gasteiger partial charge in [0.2, 0.25) is 0 Å². The molecule has 1 saturated heterocycles. The van der Waals surface area contributed by atoms with Gasteiger partial charge in [-0.15, -0.1) is 0 Å². The molecule has 1 rings (SSSR count). The van der Waals surface area contributed by atoms with Crippen molar-refractivity contribution in [1.29, 1.82) is 0 Å².